The van der Waals surface area contributed by atoms with E-state index in [2.05, 4.69) is 20.3 Å². The highest BCUT2D eigenvalue weighted by atomic mass is 19.1. The van der Waals surface area contributed by atoms with Crippen LogP contribution in [0.4, 0.5) is 4.39 Å². The van der Waals surface area contributed by atoms with E-state index in [1.165, 1.54) is 19.4 Å². The number of aromatic nitrogens is 3. The number of nitrogens with zero attached hydrogens (tertiary/aromatic N) is 3. The smallest absolute Gasteiger partial charge is 0.257 e. The Morgan fingerprint density at radius 1 is 1.21 bits per heavy atom. The van der Waals surface area contributed by atoms with Crippen molar-refractivity contribution in [3.8, 4) is 23.1 Å². The zero-order chi connectivity index (χ0) is 25.3. The molecule has 0 saturated carbocycles. The maximum Gasteiger partial charge on any atom is 0.257 e. The Morgan fingerprint density at radius 3 is 2.85 bits per heavy atom. The van der Waals surface area contributed by atoms with Gasteiger partial charge in [-0.2, -0.15) is 0 Å². The number of fused-ring (bicyclic) bond motifs is 2. The number of halogens is 1. The summed E-state index contributed by atoms with van der Waals surface area (Å²) in [6, 6.07) is 2.76. The van der Waals surface area contributed by atoms with Gasteiger partial charge in [0.25, 0.3) is 5.88 Å². The van der Waals surface area contributed by atoms with Crippen LogP contribution in [0.25, 0.3) is 11.0 Å². The van der Waals surface area contributed by atoms with Gasteiger partial charge in [-0.15, -0.1) is 0 Å². The molecule has 3 aromatic heterocycles. The second-order valence-electron chi connectivity index (χ2n) is 8.22. The monoisotopic (exact) mass is 472 g/mol. The van der Waals surface area contributed by atoms with Crippen molar-refractivity contribution in [1.82, 2.24) is 20.3 Å². The van der Waals surface area contributed by atoms with E-state index in [-0.39, 0.29) is 29.5 Å². The molecule has 0 amide bonds. The number of rotatable bonds is 7. The quantitative estimate of drug-likeness (QED) is 0.537. The first-order valence-electron chi connectivity index (χ1n) is 12.2. The molecule has 0 spiro atoms. The first-order chi connectivity index (χ1) is 17.3. The van der Waals surface area contributed by atoms with E-state index in [1.807, 2.05) is 0 Å². The molecule has 2 aliphatic rings. The SMILES string of the molecule is [2H]C([2H])(N[C@@H]1CC[C@H](CCc2c(F)cnc3cc(O)c(OC)nc23)OC1)c1cc2c(cn1)OCCO2. The lowest BCUT2D eigenvalue weighted by molar-refractivity contribution is -0.00710. The van der Waals surface area contributed by atoms with Gasteiger partial charge in [0.15, 0.2) is 17.2 Å². The molecule has 0 aliphatic carbocycles. The summed E-state index contributed by atoms with van der Waals surface area (Å²) in [5.41, 5.74) is 1.33. The summed E-state index contributed by atoms with van der Waals surface area (Å²) in [4.78, 5) is 12.5. The lowest BCUT2D eigenvalue weighted by atomic mass is 9.98. The minimum absolute atomic E-state index is 0.0146. The number of aryl methyl sites for hydroxylation is 1. The third kappa shape index (κ3) is 4.83. The molecule has 9 nitrogen and oxygen atoms in total. The van der Waals surface area contributed by atoms with Crippen LogP contribution < -0.4 is 19.5 Å². The number of methoxy groups -OCH3 is 1. The van der Waals surface area contributed by atoms with Crippen LogP contribution >= 0.6 is 0 Å². The van der Waals surface area contributed by atoms with E-state index < -0.39 is 12.3 Å². The van der Waals surface area contributed by atoms with Crippen molar-refractivity contribution in [2.24, 2.45) is 0 Å². The summed E-state index contributed by atoms with van der Waals surface area (Å²) < 4.78 is 53.6. The van der Waals surface area contributed by atoms with Gasteiger partial charge in [-0.3, -0.25) is 9.97 Å². The molecule has 2 atom stereocenters. The first-order valence-corrected chi connectivity index (χ1v) is 11.2. The van der Waals surface area contributed by atoms with Crippen molar-refractivity contribution >= 4 is 11.0 Å². The van der Waals surface area contributed by atoms with Crippen molar-refractivity contribution < 1.29 is 31.2 Å². The fraction of sp³-hybridized carbons (Fsp3) is 0.458. The average molecular weight is 473 g/mol. The molecule has 5 rings (SSSR count). The zero-order valence-corrected chi connectivity index (χ0v) is 18.7. The van der Waals surface area contributed by atoms with Gasteiger partial charge in [0.2, 0.25) is 0 Å². The predicted molar refractivity (Wildman–Crippen MR) is 121 cm³/mol. The fourth-order valence-corrected chi connectivity index (χ4v) is 4.15. The standard InChI is InChI=1S/C24H27FN4O5/c1-31-24-20(30)9-19-23(29-24)17(18(25)11-28-19)5-4-16-3-2-14(13-34-16)26-10-15-8-21-22(12-27-15)33-7-6-32-21/h8-9,11-12,14,16,26,30H,2-7,10,13H2,1H3/t14-,16-/m1/s1/i10D2. The molecule has 0 bridgehead atoms. The molecule has 1 saturated heterocycles. The number of hydrogen-bond donors (Lipinski definition) is 2. The summed E-state index contributed by atoms with van der Waals surface area (Å²) in [5, 5.41) is 12.9. The molecular formula is C24H27FN4O5. The van der Waals surface area contributed by atoms with Gasteiger partial charge in [-0.05, 0) is 25.7 Å². The second kappa shape index (κ2) is 9.94. The van der Waals surface area contributed by atoms with Gasteiger partial charge in [0, 0.05) is 33.0 Å². The van der Waals surface area contributed by atoms with Gasteiger partial charge in [0.05, 0.1) is 48.9 Å². The lowest BCUT2D eigenvalue weighted by Gasteiger charge is -2.30. The molecule has 0 aromatic carbocycles. The Bertz CT molecular complexity index is 1260. The van der Waals surface area contributed by atoms with Gasteiger partial charge >= 0.3 is 0 Å². The number of ether oxygens (including phenoxy) is 4. The summed E-state index contributed by atoms with van der Waals surface area (Å²) in [6.45, 7) is -0.714. The number of nitrogens with one attached hydrogen (secondary N) is 1. The van der Waals surface area contributed by atoms with Crippen molar-refractivity contribution in [3.63, 3.8) is 0 Å². The minimum atomic E-state index is -1.88. The highest BCUT2D eigenvalue weighted by Gasteiger charge is 2.23. The van der Waals surface area contributed by atoms with E-state index in [0.29, 0.717) is 73.6 Å². The Morgan fingerprint density at radius 2 is 2.06 bits per heavy atom. The third-order valence-corrected chi connectivity index (χ3v) is 5.95. The van der Waals surface area contributed by atoms with Gasteiger partial charge in [-0.1, -0.05) is 0 Å². The highest BCUT2D eigenvalue weighted by Crippen LogP contribution is 2.31. The Balaban J connectivity index is 1.19. The number of aromatic hydroxyl groups is 1. The van der Waals surface area contributed by atoms with Gasteiger partial charge in [0.1, 0.15) is 19.0 Å². The number of pyridine rings is 3. The zero-order valence-electron chi connectivity index (χ0n) is 20.7. The fourth-order valence-electron chi connectivity index (χ4n) is 4.15. The summed E-state index contributed by atoms with van der Waals surface area (Å²) in [6.07, 6.45) is 4.80. The van der Waals surface area contributed by atoms with Crippen LogP contribution in [-0.4, -0.2) is 59.1 Å². The van der Waals surface area contributed by atoms with E-state index in [1.54, 1.807) is 6.07 Å². The maximum absolute atomic E-state index is 14.6. The van der Waals surface area contributed by atoms with Crippen molar-refractivity contribution in [3.05, 3.63) is 41.6 Å². The molecule has 0 unspecified atom stereocenters. The van der Waals surface area contributed by atoms with Crippen LogP contribution in [-0.2, 0) is 17.7 Å². The Labute approximate surface area is 199 Å². The molecule has 2 N–H and O–H groups in total. The topological polar surface area (TPSA) is 108 Å². The second-order valence-corrected chi connectivity index (χ2v) is 8.22. The molecule has 5 heterocycles. The van der Waals surface area contributed by atoms with Crippen LogP contribution in [0, 0.1) is 5.82 Å². The summed E-state index contributed by atoms with van der Waals surface area (Å²) >= 11 is 0. The van der Waals surface area contributed by atoms with E-state index >= 15 is 0 Å². The predicted octanol–water partition coefficient (Wildman–Crippen LogP) is 2.92. The van der Waals surface area contributed by atoms with Crippen LogP contribution in [0.2, 0.25) is 0 Å². The normalized spacial score (nSPS) is 21.1. The molecular weight excluding hydrogens is 443 g/mol. The molecule has 1 fully saturated rings. The average Bonchev–Trinajstić information content (AvgIpc) is 2.88. The summed E-state index contributed by atoms with van der Waals surface area (Å²) in [7, 11) is 1.38. The first kappa shape index (κ1) is 20.2. The molecule has 180 valence electrons. The van der Waals surface area contributed by atoms with Crippen molar-refractivity contribution in [2.45, 2.75) is 44.3 Å². The van der Waals surface area contributed by atoms with Crippen LogP contribution in [0.15, 0.2) is 24.5 Å². The van der Waals surface area contributed by atoms with Crippen molar-refractivity contribution in [1.29, 1.82) is 0 Å². The van der Waals surface area contributed by atoms with Crippen LogP contribution in [0.3, 0.4) is 0 Å². The largest absolute Gasteiger partial charge is 0.503 e. The maximum atomic E-state index is 14.6. The van der Waals surface area contributed by atoms with E-state index in [4.69, 9.17) is 21.7 Å². The number of hydrogen-bond acceptors (Lipinski definition) is 9. The molecule has 3 aromatic rings. The van der Waals surface area contributed by atoms with Gasteiger partial charge in [-0.25, -0.2) is 9.37 Å². The molecule has 10 heteroatoms. The van der Waals surface area contributed by atoms with E-state index in [9.17, 15) is 9.50 Å². The van der Waals surface area contributed by atoms with Crippen molar-refractivity contribution in [2.75, 3.05) is 26.9 Å². The van der Waals surface area contributed by atoms with Crippen LogP contribution in [0.1, 0.15) is 33.3 Å². The van der Waals surface area contributed by atoms with Crippen LogP contribution in [0.5, 0.6) is 23.1 Å². The highest BCUT2D eigenvalue weighted by molar-refractivity contribution is 5.80. The minimum Gasteiger partial charge on any atom is -0.503 e. The molecule has 0 radical (unpaired) electrons. The third-order valence-electron chi connectivity index (χ3n) is 5.95. The lowest BCUT2D eigenvalue weighted by Crippen LogP contribution is -2.39. The van der Waals surface area contributed by atoms with Gasteiger partial charge < -0.3 is 29.4 Å². The Hall–Kier alpha value is -3.24. The molecule has 2 aliphatic heterocycles. The van der Waals surface area contributed by atoms with E-state index in [0.717, 1.165) is 6.20 Å². The Kier molecular flexibility index (Phi) is 5.89. The summed E-state index contributed by atoms with van der Waals surface area (Å²) in [5.74, 6) is 0.373. The molecule has 34 heavy (non-hydrogen) atoms.